The third kappa shape index (κ3) is 3.52. The van der Waals surface area contributed by atoms with Gasteiger partial charge in [-0.3, -0.25) is 19.5 Å². The van der Waals surface area contributed by atoms with Crippen molar-refractivity contribution in [1.29, 1.82) is 0 Å². The van der Waals surface area contributed by atoms with Crippen LogP contribution < -0.4 is 0 Å². The van der Waals surface area contributed by atoms with Crippen LogP contribution in [0.3, 0.4) is 0 Å². The van der Waals surface area contributed by atoms with Crippen molar-refractivity contribution in [3.8, 4) is 0 Å². The van der Waals surface area contributed by atoms with E-state index in [0.29, 0.717) is 6.42 Å². The van der Waals surface area contributed by atoms with E-state index in [4.69, 9.17) is 4.74 Å². The minimum Gasteiger partial charge on any atom is -0.466 e. The van der Waals surface area contributed by atoms with Crippen LogP contribution in [0, 0.1) is 5.41 Å². The maximum absolute atomic E-state index is 12.3. The zero-order chi connectivity index (χ0) is 16.5. The third-order valence-electron chi connectivity index (χ3n) is 5.14. The Morgan fingerprint density at radius 1 is 0.870 bits per heavy atom. The number of carbonyl (C=O) groups is 1. The van der Waals surface area contributed by atoms with Crippen LogP contribution in [0.5, 0.6) is 0 Å². The molecule has 0 aromatic rings. The monoisotopic (exact) mass is 329 g/mol. The van der Waals surface area contributed by atoms with Gasteiger partial charge >= 0.3 is 5.97 Å². The van der Waals surface area contributed by atoms with Crippen LogP contribution in [0.4, 0.5) is 0 Å². The quantitative estimate of drug-likeness (QED) is 0.292. The zero-order valence-electron chi connectivity index (χ0n) is 13.5. The first-order chi connectivity index (χ1) is 11.1. The maximum Gasteiger partial charge on any atom is 0.310 e. The van der Waals surface area contributed by atoms with E-state index in [1.807, 2.05) is 0 Å². The average Bonchev–Trinajstić information content (AvgIpc) is 3.45. The molecule has 0 unspecified atom stereocenters. The van der Waals surface area contributed by atoms with Gasteiger partial charge in [0.05, 0.1) is 32.8 Å². The molecule has 3 rings (SSSR count). The molecule has 0 spiro atoms. The molecular weight excluding hydrogens is 302 g/mol. The van der Waals surface area contributed by atoms with Crippen molar-refractivity contribution in [3.63, 3.8) is 0 Å². The lowest BCUT2D eigenvalue weighted by Gasteiger charge is -2.37. The van der Waals surface area contributed by atoms with Gasteiger partial charge in [0.25, 0.3) is 0 Å². The van der Waals surface area contributed by atoms with Crippen molar-refractivity contribution in [3.05, 3.63) is 0 Å². The smallest absolute Gasteiger partial charge is 0.310 e. The summed E-state index contributed by atoms with van der Waals surface area (Å²) in [5.74, 6) is -0.558. The summed E-state index contributed by atoms with van der Waals surface area (Å²) in [5, 5.41) is 27.9. The predicted molar refractivity (Wildman–Crippen MR) is 81.3 cm³/mol. The second-order valence-corrected chi connectivity index (χ2v) is 6.86. The number of aliphatic hydroxyl groups is 3. The van der Waals surface area contributed by atoms with Gasteiger partial charge in [0.1, 0.15) is 5.79 Å². The van der Waals surface area contributed by atoms with Crippen LogP contribution in [0.15, 0.2) is 0 Å². The van der Waals surface area contributed by atoms with Gasteiger partial charge in [-0.15, -0.1) is 0 Å². The second kappa shape index (κ2) is 6.62. The van der Waals surface area contributed by atoms with Gasteiger partial charge in [-0.2, -0.15) is 0 Å². The number of ether oxygens (including phenoxy) is 1. The normalized spacial score (nSPS) is 22.2. The van der Waals surface area contributed by atoms with Gasteiger partial charge in [-0.05, 0) is 6.42 Å². The number of rotatable bonds is 11. The summed E-state index contributed by atoms with van der Waals surface area (Å²) in [6.07, 6.45) is 0.559. The van der Waals surface area contributed by atoms with Crippen molar-refractivity contribution in [2.45, 2.75) is 18.6 Å². The van der Waals surface area contributed by atoms with Gasteiger partial charge in [0, 0.05) is 44.7 Å². The Bertz CT molecular complexity index is 391. The highest BCUT2D eigenvalue weighted by Gasteiger charge is 2.59. The van der Waals surface area contributed by atoms with Gasteiger partial charge in [-0.25, -0.2) is 0 Å². The standard InChI is InChI=1S/C15H27N3O5/c19-10-14(11-20,12-21)1-8-23-13(22)9-15(16-2-3-16,17-4-5-17)18-6-7-18/h19-21H,1-12H2. The van der Waals surface area contributed by atoms with Crippen LogP contribution in [0.25, 0.3) is 0 Å². The molecule has 8 heteroatoms. The first kappa shape index (κ1) is 17.1. The highest BCUT2D eigenvalue weighted by molar-refractivity contribution is 5.71. The summed E-state index contributed by atoms with van der Waals surface area (Å²) in [6, 6.07) is 0. The first-order valence-electron chi connectivity index (χ1n) is 8.34. The molecule has 0 amide bonds. The van der Waals surface area contributed by atoms with E-state index >= 15 is 0 Å². The van der Waals surface area contributed by atoms with Crippen LogP contribution in [0.1, 0.15) is 12.8 Å². The van der Waals surface area contributed by atoms with Crippen LogP contribution in [-0.2, 0) is 9.53 Å². The van der Waals surface area contributed by atoms with E-state index in [-0.39, 0.29) is 44.6 Å². The van der Waals surface area contributed by atoms with E-state index in [9.17, 15) is 20.1 Å². The van der Waals surface area contributed by atoms with Crippen molar-refractivity contribution >= 4 is 5.97 Å². The molecule has 3 fully saturated rings. The SMILES string of the molecule is O=C(CC(N1CC1)(N1CC1)N1CC1)OCCC(CO)(CO)CO. The molecule has 3 N–H and O–H groups in total. The highest BCUT2D eigenvalue weighted by atomic mass is 16.5. The zero-order valence-corrected chi connectivity index (χ0v) is 13.5. The molecule has 3 saturated heterocycles. The number of carbonyl (C=O) groups excluding carboxylic acids is 1. The highest BCUT2D eigenvalue weighted by Crippen LogP contribution is 2.41. The summed E-state index contributed by atoms with van der Waals surface area (Å²) < 4.78 is 5.34. The van der Waals surface area contributed by atoms with Crippen molar-refractivity contribution < 1.29 is 24.9 Å². The van der Waals surface area contributed by atoms with E-state index in [0.717, 1.165) is 39.3 Å². The lowest BCUT2D eigenvalue weighted by Crippen LogP contribution is -2.54. The molecule has 0 radical (unpaired) electrons. The Hall–Kier alpha value is -0.770. The van der Waals surface area contributed by atoms with Crippen molar-refractivity contribution in [2.24, 2.45) is 5.41 Å². The number of nitrogens with zero attached hydrogens (tertiary/aromatic N) is 3. The third-order valence-corrected chi connectivity index (χ3v) is 5.14. The van der Waals surface area contributed by atoms with E-state index in [1.165, 1.54) is 0 Å². The number of aliphatic hydroxyl groups excluding tert-OH is 3. The Morgan fingerprint density at radius 3 is 1.65 bits per heavy atom. The van der Waals surface area contributed by atoms with Crippen molar-refractivity contribution in [1.82, 2.24) is 14.7 Å². The molecule has 0 bridgehead atoms. The Balaban J connectivity index is 1.52. The summed E-state index contributed by atoms with van der Waals surface area (Å²) >= 11 is 0. The summed E-state index contributed by atoms with van der Waals surface area (Å²) in [4.78, 5) is 19.3. The number of hydrogen-bond donors (Lipinski definition) is 3. The maximum atomic E-state index is 12.3. The minimum absolute atomic E-state index is 0.0938. The summed E-state index contributed by atoms with van der Waals surface area (Å²) in [6.45, 7) is 5.19. The molecule has 3 heterocycles. The van der Waals surface area contributed by atoms with Crippen LogP contribution >= 0.6 is 0 Å². The minimum atomic E-state index is -0.989. The van der Waals surface area contributed by atoms with Gasteiger partial charge in [0.15, 0.2) is 0 Å². The Morgan fingerprint density at radius 2 is 1.30 bits per heavy atom. The van der Waals surface area contributed by atoms with Crippen LogP contribution in [-0.4, -0.2) is 107 Å². The lowest BCUT2D eigenvalue weighted by atomic mass is 9.88. The predicted octanol–water partition coefficient (Wildman–Crippen LogP) is -2.13. The van der Waals surface area contributed by atoms with Gasteiger partial charge < -0.3 is 20.1 Å². The molecule has 132 valence electrons. The van der Waals surface area contributed by atoms with Crippen molar-refractivity contribution in [2.75, 3.05) is 65.7 Å². The molecular formula is C15H27N3O5. The number of esters is 1. The Kier molecular flexibility index (Phi) is 4.91. The van der Waals surface area contributed by atoms with E-state index in [1.54, 1.807) is 0 Å². The second-order valence-electron chi connectivity index (χ2n) is 6.86. The van der Waals surface area contributed by atoms with Gasteiger partial charge in [0.2, 0.25) is 0 Å². The molecule has 0 aliphatic carbocycles. The van der Waals surface area contributed by atoms with E-state index < -0.39 is 5.41 Å². The molecule has 0 aromatic heterocycles. The largest absolute Gasteiger partial charge is 0.466 e. The topological polar surface area (TPSA) is 96.0 Å². The fourth-order valence-corrected chi connectivity index (χ4v) is 3.17. The van der Waals surface area contributed by atoms with Crippen LogP contribution in [0.2, 0.25) is 0 Å². The fourth-order valence-electron chi connectivity index (χ4n) is 3.17. The number of hydrogen-bond acceptors (Lipinski definition) is 8. The molecule has 3 aliphatic rings. The molecule has 8 nitrogen and oxygen atoms in total. The lowest BCUT2D eigenvalue weighted by molar-refractivity contribution is -0.153. The molecule has 23 heavy (non-hydrogen) atoms. The first-order valence-corrected chi connectivity index (χ1v) is 8.34. The summed E-state index contributed by atoms with van der Waals surface area (Å²) in [5.41, 5.74) is -0.989. The molecule has 0 atom stereocenters. The average molecular weight is 329 g/mol. The van der Waals surface area contributed by atoms with Gasteiger partial charge in [-0.1, -0.05) is 0 Å². The van der Waals surface area contributed by atoms with E-state index in [2.05, 4.69) is 14.7 Å². The Labute approximate surface area is 136 Å². The molecule has 0 aromatic carbocycles. The molecule has 0 saturated carbocycles. The molecule has 3 aliphatic heterocycles. The fraction of sp³-hybridized carbons (Fsp3) is 0.933. The summed E-state index contributed by atoms with van der Waals surface area (Å²) in [7, 11) is 0.